The van der Waals surface area contributed by atoms with Crippen molar-refractivity contribution in [2.45, 2.75) is 17.1 Å². The van der Waals surface area contributed by atoms with E-state index in [4.69, 9.17) is 11.6 Å². The summed E-state index contributed by atoms with van der Waals surface area (Å²) < 4.78 is 28.3. The Morgan fingerprint density at radius 1 is 1.19 bits per heavy atom. The monoisotopic (exact) mass is 534 g/mol. The van der Waals surface area contributed by atoms with Crippen LogP contribution in [0.2, 0.25) is 5.15 Å². The minimum atomic E-state index is -2.59. The fourth-order valence-corrected chi connectivity index (χ4v) is 6.15. The van der Waals surface area contributed by atoms with Gasteiger partial charge >= 0.3 is 177 Å². The Balaban J connectivity index is 1.73. The molecule has 0 amide bonds. The summed E-state index contributed by atoms with van der Waals surface area (Å²) in [6.07, 6.45) is -2.59. The number of aromatic nitrogens is 4. The number of rotatable bonds is 5. The van der Waals surface area contributed by atoms with Crippen LogP contribution in [0.3, 0.4) is 0 Å². The average Bonchev–Trinajstić information content (AvgIpc) is 3.25. The zero-order chi connectivity index (χ0) is 19.0. The summed E-state index contributed by atoms with van der Waals surface area (Å²) in [7, 11) is 0. The van der Waals surface area contributed by atoms with Crippen LogP contribution in [-0.2, 0) is 5.75 Å². The van der Waals surface area contributed by atoms with Gasteiger partial charge in [-0.3, -0.25) is 0 Å². The predicted octanol–water partition coefficient (Wildman–Crippen LogP) is 5.49. The molecule has 0 N–H and O–H groups in total. The van der Waals surface area contributed by atoms with E-state index in [0.29, 0.717) is 19.9 Å². The van der Waals surface area contributed by atoms with Crippen molar-refractivity contribution in [2.75, 3.05) is 0 Å². The van der Waals surface area contributed by atoms with Gasteiger partial charge in [0.25, 0.3) is 0 Å². The first kappa shape index (κ1) is 19.1. The van der Waals surface area contributed by atoms with Crippen LogP contribution >= 0.6 is 39.3 Å². The Hall–Kier alpha value is -1.25. The van der Waals surface area contributed by atoms with Crippen molar-refractivity contribution in [1.29, 1.82) is 0 Å². The van der Waals surface area contributed by atoms with E-state index in [0.717, 1.165) is 16.2 Å². The predicted molar refractivity (Wildman–Crippen MR) is 107 cm³/mol. The van der Waals surface area contributed by atoms with E-state index in [1.807, 2.05) is 30.3 Å². The molecule has 0 spiro atoms. The second-order valence-electron chi connectivity index (χ2n) is 5.50. The molecule has 1 aromatic carbocycles. The van der Waals surface area contributed by atoms with E-state index < -0.39 is 20.9 Å². The zero-order valence-electron chi connectivity index (χ0n) is 13.4. The third-order valence-electron chi connectivity index (χ3n) is 3.71. The van der Waals surface area contributed by atoms with E-state index in [-0.39, 0.29) is 4.57 Å². The third-order valence-corrected chi connectivity index (χ3v) is 7.57. The van der Waals surface area contributed by atoms with Crippen LogP contribution in [0, 0.1) is 0 Å². The van der Waals surface area contributed by atoms with Crippen LogP contribution in [0.5, 0.6) is 0 Å². The minimum absolute atomic E-state index is 0.176. The molecule has 0 bridgehead atoms. The molecule has 0 unspecified atom stereocenters. The van der Waals surface area contributed by atoms with Crippen molar-refractivity contribution in [3.05, 3.63) is 62.4 Å². The molecule has 3 heterocycles. The van der Waals surface area contributed by atoms with Crippen LogP contribution in [0.25, 0.3) is 15.6 Å². The Bertz CT molecular complexity index is 1100. The molecule has 0 radical (unpaired) electrons. The first-order chi connectivity index (χ1) is 13.0. The maximum atomic E-state index is 12.9. The van der Waals surface area contributed by atoms with Gasteiger partial charge in [-0.05, 0) is 0 Å². The van der Waals surface area contributed by atoms with Crippen molar-refractivity contribution >= 4 is 59.3 Å². The first-order valence-corrected chi connectivity index (χ1v) is 11.6. The average molecular weight is 535 g/mol. The fourth-order valence-electron chi connectivity index (χ4n) is 2.50. The fraction of sp³-hybridized carbons (Fsp3) is 0.118. The number of nitrogens with zero attached hydrogens (tertiary/aromatic N) is 4. The SMILES string of the molecule is FC(F)c1nnc(-c2c(Br)nn3c(Cl)cc(SCc4ccccc4)cc23)[se]1. The number of pyridine rings is 1. The second-order valence-corrected chi connectivity index (χ2v) is 9.80. The van der Waals surface area contributed by atoms with Gasteiger partial charge in [-0.15, -0.1) is 0 Å². The van der Waals surface area contributed by atoms with Crippen molar-refractivity contribution < 1.29 is 8.78 Å². The van der Waals surface area contributed by atoms with Crippen LogP contribution in [0.1, 0.15) is 16.6 Å². The van der Waals surface area contributed by atoms with E-state index >= 15 is 0 Å². The van der Waals surface area contributed by atoms with Gasteiger partial charge in [-0.25, -0.2) is 0 Å². The summed E-state index contributed by atoms with van der Waals surface area (Å²) in [6.45, 7) is 0. The Kier molecular flexibility index (Phi) is 5.66. The summed E-state index contributed by atoms with van der Waals surface area (Å²) >= 11 is 10.8. The Labute approximate surface area is 176 Å². The maximum absolute atomic E-state index is 12.9. The van der Waals surface area contributed by atoms with Gasteiger partial charge in [-0.1, -0.05) is 0 Å². The van der Waals surface area contributed by atoms with Crippen molar-refractivity contribution in [1.82, 2.24) is 19.8 Å². The van der Waals surface area contributed by atoms with Crippen molar-refractivity contribution in [3.8, 4) is 10.1 Å². The molecule has 3 aromatic heterocycles. The van der Waals surface area contributed by atoms with Crippen LogP contribution in [0.15, 0.2) is 52.0 Å². The van der Waals surface area contributed by atoms with E-state index in [9.17, 15) is 8.78 Å². The van der Waals surface area contributed by atoms with E-state index in [2.05, 4.69) is 43.4 Å². The summed E-state index contributed by atoms with van der Waals surface area (Å²) in [5.41, 5.74) is 2.58. The molecular weight excluding hydrogens is 525 g/mol. The molecule has 0 aliphatic carbocycles. The summed E-state index contributed by atoms with van der Waals surface area (Å²) in [5.74, 6) is 0.793. The van der Waals surface area contributed by atoms with Gasteiger partial charge in [0.15, 0.2) is 0 Å². The van der Waals surface area contributed by atoms with Gasteiger partial charge in [0.05, 0.1) is 0 Å². The summed E-state index contributed by atoms with van der Waals surface area (Å²) in [6, 6.07) is 13.9. The number of hydrogen-bond donors (Lipinski definition) is 0. The number of benzene rings is 1. The number of fused-ring (bicyclic) bond motifs is 1. The molecule has 4 nitrogen and oxygen atoms in total. The van der Waals surface area contributed by atoms with Gasteiger partial charge in [0, 0.05) is 0 Å². The van der Waals surface area contributed by atoms with E-state index in [1.54, 1.807) is 16.3 Å². The summed E-state index contributed by atoms with van der Waals surface area (Å²) in [4.78, 5) is 0.964. The van der Waals surface area contributed by atoms with E-state index in [1.165, 1.54) is 5.56 Å². The van der Waals surface area contributed by atoms with Gasteiger partial charge in [-0.2, -0.15) is 0 Å². The molecule has 0 aliphatic rings. The molecule has 27 heavy (non-hydrogen) atoms. The van der Waals surface area contributed by atoms with Crippen molar-refractivity contribution in [2.24, 2.45) is 0 Å². The molecule has 138 valence electrons. The number of thioether (sulfide) groups is 1. The van der Waals surface area contributed by atoms with Gasteiger partial charge in [0.2, 0.25) is 0 Å². The molecule has 0 aliphatic heterocycles. The standard InChI is InChI=1S/C17H10BrClF2N4SSe/c18-14-13(16-22-23-17(27-16)15(20)21)11-6-10(7-12(19)25(11)24-14)26-8-9-4-2-1-3-5-9/h1-7,15H,8H2. The molecule has 0 atom stereocenters. The zero-order valence-corrected chi connectivity index (χ0v) is 18.3. The second kappa shape index (κ2) is 8.01. The molecule has 10 heteroatoms. The molecule has 0 saturated heterocycles. The summed E-state index contributed by atoms with van der Waals surface area (Å²) in [5, 5.41) is 12.4. The Morgan fingerprint density at radius 2 is 1.96 bits per heavy atom. The molecule has 0 saturated carbocycles. The number of halogens is 4. The molecular formula is C17H10BrClF2N4SSe. The molecule has 0 fully saturated rings. The van der Waals surface area contributed by atoms with Crippen LogP contribution in [0.4, 0.5) is 8.78 Å². The first-order valence-electron chi connectivity index (χ1n) is 7.69. The normalized spacial score (nSPS) is 11.6. The van der Waals surface area contributed by atoms with Crippen LogP contribution < -0.4 is 0 Å². The Morgan fingerprint density at radius 3 is 2.67 bits per heavy atom. The number of hydrogen-bond acceptors (Lipinski definition) is 4. The molecule has 4 aromatic rings. The van der Waals surface area contributed by atoms with Crippen molar-refractivity contribution in [3.63, 3.8) is 0 Å². The number of alkyl halides is 2. The third kappa shape index (κ3) is 3.98. The van der Waals surface area contributed by atoms with Gasteiger partial charge in [0.1, 0.15) is 0 Å². The quantitative estimate of drug-likeness (QED) is 0.193. The van der Waals surface area contributed by atoms with Crippen LogP contribution in [-0.4, -0.2) is 34.3 Å². The van der Waals surface area contributed by atoms with Gasteiger partial charge < -0.3 is 0 Å². The topological polar surface area (TPSA) is 43.1 Å². The molecule has 4 rings (SSSR count).